The molecule has 19 heavy (non-hydrogen) atoms. The average Bonchev–Trinajstić information content (AvgIpc) is 2.46. The maximum atomic E-state index is 11.6. The quantitative estimate of drug-likeness (QED) is 0.879. The number of carbonyl (C=O) groups is 1. The lowest BCUT2D eigenvalue weighted by Crippen LogP contribution is -2.09. The molecule has 1 N–H and O–H groups in total. The molecule has 1 aromatic heterocycles. The SMILES string of the molecule is COC(=O)c1cccnc1NCc1ccccc1Br. The Bertz CT molecular complexity index is 587. The van der Waals surface area contributed by atoms with Crippen LogP contribution in [0.4, 0.5) is 5.82 Å². The summed E-state index contributed by atoms with van der Waals surface area (Å²) in [4.78, 5) is 15.8. The highest BCUT2D eigenvalue weighted by atomic mass is 79.9. The fraction of sp³-hybridized carbons (Fsp3) is 0.143. The van der Waals surface area contributed by atoms with E-state index in [4.69, 9.17) is 4.74 Å². The molecular weight excluding hydrogens is 308 g/mol. The Morgan fingerprint density at radius 3 is 2.84 bits per heavy atom. The molecule has 0 aliphatic carbocycles. The maximum Gasteiger partial charge on any atom is 0.341 e. The van der Waals surface area contributed by atoms with Crippen LogP contribution in [-0.4, -0.2) is 18.1 Å². The molecule has 0 saturated heterocycles. The number of benzene rings is 1. The molecule has 0 bridgehead atoms. The van der Waals surface area contributed by atoms with Gasteiger partial charge in [0.2, 0.25) is 0 Å². The van der Waals surface area contributed by atoms with Gasteiger partial charge < -0.3 is 10.1 Å². The molecule has 1 heterocycles. The first-order chi connectivity index (χ1) is 9.22. The number of nitrogens with one attached hydrogen (secondary N) is 1. The first kappa shape index (κ1) is 13.5. The first-order valence-corrected chi connectivity index (χ1v) is 6.52. The number of hydrogen-bond donors (Lipinski definition) is 1. The van der Waals surface area contributed by atoms with Crippen LogP contribution in [-0.2, 0) is 11.3 Å². The molecular formula is C14H13BrN2O2. The topological polar surface area (TPSA) is 51.2 Å². The van der Waals surface area contributed by atoms with Crippen LogP contribution in [0.3, 0.4) is 0 Å². The van der Waals surface area contributed by atoms with Gasteiger partial charge in [0.05, 0.1) is 7.11 Å². The summed E-state index contributed by atoms with van der Waals surface area (Å²) in [5.41, 5.74) is 1.51. The van der Waals surface area contributed by atoms with Gasteiger partial charge in [0, 0.05) is 17.2 Å². The lowest BCUT2D eigenvalue weighted by atomic mass is 10.2. The minimum Gasteiger partial charge on any atom is -0.465 e. The van der Waals surface area contributed by atoms with E-state index in [1.54, 1.807) is 18.3 Å². The van der Waals surface area contributed by atoms with Gasteiger partial charge in [0.1, 0.15) is 11.4 Å². The molecule has 1 aromatic carbocycles. The summed E-state index contributed by atoms with van der Waals surface area (Å²) >= 11 is 3.48. The number of carbonyl (C=O) groups excluding carboxylic acids is 1. The Labute approximate surface area is 119 Å². The molecule has 0 amide bonds. The van der Waals surface area contributed by atoms with E-state index in [1.807, 2.05) is 24.3 Å². The summed E-state index contributed by atoms with van der Waals surface area (Å²) in [7, 11) is 1.35. The lowest BCUT2D eigenvalue weighted by Gasteiger charge is -2.10. The van der Waals surface area contributed by atoms with Crippen LogP contribution in [0.2, 0.25) is 0 Å². The van der Waals surface area contributed by atoms with E-state index in [9.17, 15) is 4.79 Å². The van der Waals surface area contributed by atoms with E-state index < -0.39 is 5.97 Å². The van der Waals surface area contributed by atoms with E-state index in [-0.39, 0.29) is 0 Å². The zero-order valence-electron chi connectivity index (χ0n) is 10.4. The molecule has 0 unspecified atom stereocenters. The number of pyridine rings is 1. The highest BCUT2D eigenvalue weighted by Crippen LogP contribution is 2.18. The van der Waals surface area contributed by atoms with Gasteiger partial charge in [-0.05, 0) is 23.8 Å². The van der Waals surface area contributed by atoms with Crippen molar-refractivity contribution in [2.75, 3.05) is 12.4 Å². The Morgan fingerprint density at radius 1 is 1.32 bits per heavy atom. The highest BCUT2D eigenvalue weighted by Gasteiger charge is 2.12. The van der Waals surface area contributed by atoms with Gasteiger partial charge in [-0.3, -0.25) is 0 Å². The van der Waals surface area contributed by atoms with Crippen molar-refractivity contribution < 1.29 is 9.53 Å². The first-order valence-electron chi connectivity index (χ1n) is 5.73. The molecule has 0 radical (unpaired) electrons. The summed E-state index contributed by atoms with van der Waals surface area (Å²) in [5, 5.41) is 3.14. The zero-order chi connectivity index (χ0) is 13.7. The predicted octanol–water partition coefficient (Wildman–Crippen LogP) is 3.24. The third-order valence-corrected chi connectivity index (χ3v) is 3.39. The number of methoxy groups -OCH3 is 1. The Balaban J connectivity index is 2.16. The van der Waals surface area contributed by atoms with Crippen LogP contribution >= 0.6 is 15.9 Å². The van der Waals surface area contributed by atoms with E-state index in [1.165, 1.54) is 7.11 Å². The number of rotatable bonds is 4. The number of halogens is 1. The fourth-order valence-electron chi connectivity index (χ4n) is 1.64. The largest absolute Gasteiger partial charge is 0.465 e. The molecule has 0 fully saturated rings. The van der Waals surface area contributed by atoms with Crippen LogP contribution in [0.5, 0.6) is 0 Å². The van der Waals surface area contributed by atoms with Crippen LogP contribution in [0.1, 0.15) is 15.9 Å². The molecule has 4 nitrogen and oxygen atoms in total. The fourth-order valence-corrected chi connectivity index (χ4v) is 2.07. The van der Waals surface area contributed by atoms with Crippen molar-refractivity contribution >= 4 is 27.7 Å². The number of aromatic nitrogens is 1. The van der Waals surface area contributed by atoms with Crippen LogP contribution in [0, 0.1) is 0 Å². The van der Waals surface area contributed by atoms with Crippen LogP contribution in [0.25, 0.3) is 0 Å². The molecule has 0 aliphatic rings. The standard InChI is InChI=1S/C14H13BrN2O2/c1-19-14(18)11-6-4-8-16-13(11)17-9-10-5-2-3-7-12(10)15/h2-8H,9H2,1H3,(H,16,17). The monoisotopic (exact) mass is 320 g/mol. The van der Waals surface area contributed by atoms with Gasteiger partial charge in [-0.1, -0.05) is 34.1 Å². The van der Waals surface area contributed by atoms with Crippen molar-refractivity contribution in [3.63, 3.8) is 0 Å². The van der Waals surface area contributed by atoms with Gasteiger partial charge in [-0.15, -0.1) is 0 Å². The van der Waals surface area contributed by atoms with Crippen molar-refractivity contribution in [2.45, 2.75) is 6.54 Å². The predicted molar refractivity (Wildman–Crippen MR) is 77.0 cm³/mol. The number of ether oxygens (including phenoxy) is 1. The van der Waals surface area contributed by atoms with Crippen molar-refractivity contribution in [3.05, 3.63) is 58.2 Å². The number of anilines is 1. The summed E-state index contributed by atoms with van der Waals surface area (Å²) < 4.78 is 5.74. The molecule has 98 valence electrons. The highest BCUT2D eigenvalue weighted by molar-refractivity contribution is 9.10. The summed E-state index contributed by atoms with van der Waals surface area (Å²) in [6.07, 6.45) is 1.63. The Kier molecular flexibility index (Phi) is 4.52. The smallest absolute Gasteiger partial charge is 0.341 e. The van der Waals surface area contributed by atoms with E-state index in [2.05, 4.69) is 26.2 Å². The summed E-state index contributed by atoms with van der Waals surface area (Å²) in [6, 6.07) is 11.3. The molecule has 2 rings (SSSR count). The minimum atomic E-state index is -0.400. The normalized spacial score (nSPS) is 10.0. The van der Waals surface area contributed by atoms with E-state index in [0.717, 1.165) is 10.0 Å². The van der Waals surface area contributed by atoms with Crippen LogP contribution < -0.4 is 5.32 Å². The van der Waals surface area contributed by atoms with E-state index in [0.29, 0.717) is 17.9 Å². The van der Waals surface area contributed by atoms with Crippen molar-refractivity contribution in [2.24, 2.45) is 0 Å². The second-order valence-electron chi connectivity index (χ2n) is 3.84. The average molecular weight is 321 g/mol. The van der Waals surface area contributed by atoms with Gasteiger partial charge in [0.15, 0.2) is 0 Å². The van der Waals surface area contributed by atoms with Gasteiger partial charge in [-0.2, -0.15) is 0 Å². The molecule has 0 atom stereocenters. The molecule has 2 aromatic rings. The van der Waals surface area contributed by atoms with Gasteiger partial charge in [-0.25, -0.2) is 9.78 Å². The van der Waals surface area contributed by atoms with Crippen molar-refractivity contribution in [3.8, 4) is 0 Å². The Hall–Kier alpha value is -1.88. The summed E-state index contributed by atoms with van der Waals surface area (Å²) in [6.45, 7) is 0.572. The maximum absolute atomic E-state index is 11.6. The number of hydrogen-bond acceptors (Lipinski definition) is 4. The zero-order valence-corrected chi connectivity index (χ0v) is 12.0. The van der Waals surface area contributed by atoms with Crippen LogP contribution in [0.15, 0.2) is 47.1 Å². The number of esters is 1. The third-order valence-electron chi connectivity index (χ3n) is 2.62. The van der Waals surface area contributed by atoms with Gasteiger partial charge >= 0.3 is 5.97 Å². The van der Waals surface area contributed by atoms with Crippen molar-refractivity contribution in [1.82, 2.24) is 4.98 Å². The molecule has 0 aliphatic heterocycles. The lowest BCUT2D eigenvalue weighted by molar-refractivity contribution is 0.0601. The molecule has 0 spiro atoms. The Morgan fingerprint density at radius 2 is 2.11 bits per heavy atom. The van der Waals surface area contributed by atoms with Gasteiger partial charge in [0.25, 0.3) is 0 Å². The van der Waals surface area contributed by atoms with Crippen molar-refractivity contribution in [1.29, 1.82) is 0 Å². The molecule has 5 heteroatoms. The third kappa shape index (κ3) is 3.32. The number of nitrogens with zero attached hydrogens (tertiary/aromatic N) is 1. The minimum absolute atomic E-state index is 0.400. The summed E-state index contributed by atoms with van der Waals surface area (Å²) in [5.74, 6) is 0.118. The second kappa shape index (κ2) is 6.33. The van der Waals surface area contributed by atoms with E-state index >= 15 is 0 Å². The molecule has 0 saturated carbocycles. The second-order valence-corrected chi connectivity index (χ2v) is 4.69.